The Labute approximate surface area is 147 Å². The lowest BCUT2D eigenvalue weighted by molar-refractivity contribution is -0.167. The number of amides is 1. The molecule has 3 atom stereocenters. The molecule has 2 fully saturated rings. The van der Waals surface area contributed by atoms with Gasteiger partial charge >= 0.3 is 5.97 Å². The Balaban J connectivity index is 1.81. The van der Waals surface area contributed by atoms with Crippen molar-refractivity contribution in [2.45, 2.75) is 65.0 Å². The molecule has 0 radical (unpaired) electrons. The quantitative estimate of drug-likeness (QED) is 0.731. The van der Waals surface area contributed by atoms with E-state index < -0.39 is 16.4 Å². The Hall–Kier alpha value is -1.91. The summed E-state index contributed by atoms with van der Waals surface area (Å²) in [6, 6.07) is 4.55. The Morgan fingerprint density at radius 1 is 1.28 bits per heavy atom. The first kappa shape index (κ1) is 16.6. The van der Waals surface area contributed by atoms with Crippen molar-refractivity contribution < 1.29 is 18.7 Å². The minimum atomic E-state index is -1.13. The molecule has 0 aromatic heterocycles. The predicted molar refractivity (Wildman–Crippen MR) is 91.6 cm³/mol. The maximum absolute atomic E-state index is 13.7. The molecule has 1 aliphatic carbocycles. The van der Waals surface area contributed by atoms with E-state index in [9.17, 15) is 14.0 Å². The molecular weight excluding hydrogens is 321 g/mol. The molecule has 1 aromatic rings. The van der Waals surface area contributed by atoms with E-state index in [1.54, 1.807) is 11.0 Å². The zero-order chi connectivity index (χ0) is 18.2. The Morgan fingerprint density at radius 3 is 2.60 bits per heavy atom. The number of carbonyl (C=O) groups excluding carboxylic acids is 2. The number of rotatable bonds is 1. The molecule has 1 saturated carbocycles. The van der Waals surface area contributed by atoms with Crippen LogP contribution in [0.3, 0.4) is 0 Å². The lowest BCUT2D eigenvalue weighted by Gasteiger charge is -2.43. The van der Waals surface area contributed by atoms with E-state index >= 15 is 0 Å². The number of carbonyl (C=O) groups is 2. The van der Waals surface area contributed by atoms with Gasteiger partial charge in [0.2, 0.25) is 0 Å². The lowest BCUT2D eigenvalue weighted by Crippen LogP contribution is -2.58. The van der Waals surface area contributed by atoms with Gasteiger partial charge in [-0.05, 0) is 63.3 Å². The van der Waals surface area contributed by atoms with Gasteiger partial charge in [0.15, 0.2) is 5.60 Å². The molecule has 2 aliphatic heterocycles. The second-order valence-corrected chi connectivity index (χ2v) is 8.51. The highest BCUT2D eigenvalue weighted by molar-refractivity contribution is 6.05. The third-order valence-electron chi connectivity index (χ3n) is 7.22. The summed E-state index contributed by atoms with van der Waals surface area (Å²) >= 11 is 0. The van der Waals surface area contributed by atoms with Crippen molar-refractivity contribution in [1.82, 2.24) is 0 Å². The molecule has 4 rings (SSSR count). The van der Waals surface area contributed by atoms with Gasteiger partial charge in [-0.2, -0.15) is 0 Å². The van der Waals surface area contributed by atoms with E-state index in [0.29, 0.717) is 12.8 Å². The predicted octanol–water partition coefficient (Wildman–Crippen LogP) is 3.62. The normalized spacial score (nSPS) is 35.5. The number of ether oxygens (including phenoxy) is 1. The molecule has 1 aromatic carbocycles. The number of benzene rings is 1. The Morgan fingerprint density at radius 2 is 2.00 bits per heavy atom. The van der Waals surface area contributed by atoms with Gasteiger partial charge < -0.3 is 9.64 Å². The minimum absolute atomic E-state index is 0.0122. The molecule has 1 saturated heterocycles. The van der Waals surface area contributed by atoms with Crippen molar-refractivity contribution in [2.24, 2.45) is 10.8 Å². The highest BCUT2D eigenvalue weighted by Crippen LogP contribution is 2.66. The van der Waals surface area contributed by atoms with Crippen LogP contribution in [0.2, 0.25) is 0 Å². The van der Waals surface area contributed by atoms with Crippen molar-refractivity contribution in [2.75, 3.05) is 4.90 Å². The first-order valence-electron chi connectivity index (χ1n) is 9.00. The van der Waals surface area contributed by atoms with Crippen molar-refractivity contribution >= 4 is 17.6 Å². The van der Waals surface area contributed by atoms with E-state index in [1.165, 1.54) is 12.1 Å². The molecule has 0 spiro atoms. The first-order chi connectivity index (χ1) is 11.6. The summed E-state index contributed by atoms with van der Waals surface area (Å²) in [6.07, 6.45) is 2.71. The third kappa shape index (κ3) is 1.81. The third-order valence-corrected chi connectivity index (χ3v) is 7.22. The van der Waals surface area contributed by atoms with Crippen LogP contribution in [0.15, 0.2) is 18.2 Å². The largest absolute Gasteiger partial charge is 0.448 e. The molecule has 134 valence electrons. The molecule has 1 amide bonds. The van der Waals surface area contributed by atoms with Crippen LogP contribution in [0.1, 0.15) is 52.5 Å². The van der Waals surface area contributed by atoms with Crippen LogP contribution in [-0.4, -0.2) is 23.5 Å². The second-order valence-electron chi connectivity index (χ2n) is 8.51. The maximum atomic E-state index is 13.7. The summed E-state index contributed by atoms with van der Waals surface area (Å²) in [5.74, 6) is -0.729. The van der Waals surface area contributed by atoms with Gasteiger partial charge in [0.25, 0.3) is 5.91 Å². The summed E-state index contributed by atoms with van der Waals surface area (Å²) in [5, 5.41) is 0. The monoisotopic (exact) mass is 345 g/mol. The summed E-state index contributed by atoms with van der Waals surface area (Å²) < 4.78 is 19.4. The van der Waals surface area contributed by atoms with E-state index in [2.05, 4.69) is 0 Å². The average Bonchev–Trinajstić information content (AvgIpc) is 2.85. The molecule has 25 heavy (non-hydrogen) atoms. The molecule has 5 heteroatoms. The van der Waals surface area contributed by atoms with E-state index in [4.69, 9.17) is 4.74 Å². The number of nitrogens with zero attached hydrogens (tertiary/aromatic N) is 1. The van der Waals surface area contributed by atoms with Gasteiger partial charge in [0, 0.05) is 17.1 Å². The van der Waals surface area contributed by atoms with Gasteiger partial charge in [-0.3, -0.25) is 9.59 Å². The van der Waals surface area contributed by atoms with Gasteiger partial charge in [-0.25, -0.2) is 4.39 Å². The van der Waals surface area contributed by atoms with Crippen LogP contribution in [-0.2, 0) is 20.7 Å². The highest BCUT2D eigenvalue weighted by atomic mass is 19.1. The molecule has 0 unspecified atom stereocenters. The number of aryl methyl sites for hydroxylation is 1. The molecule has 3 aliphatic rings. The fourth-order valence-electron chi connectivity index (χ4n) is 4.95. The molecular formula is C20H24FNO3. The van der Waals surface area contributed by atoms with Crippen molar-refractivity contribution in [3.63, 3.8) is 0 Å². The lowest BCUT2D eigenvalue weighted by atomic mass is 9.66. The zero-order valence-corrected chi connectivity index (χ0v) is 15.2. The van der Waals surface area contributed by atoms with Crippen molar-refractivity contribution in [3.8, 4) is 0 Å². The zero-order valence-electron chi connectivity index (χ0n) is 15.2. The van der Waals surface area contributed by atoms with Crippen molar-refractivity contribution in [3.05, 3.63) is 29.6 Å². The van der Waals surface area contributed by atoms with Crippen LogP contribution in [0, 0.1) is 16.6 Å². The molecule has 4 nitrogen and oxygen atoms in total. The minimum Gasteiger partial charge on any atom is -0.448 e. The number of anilines is 1. The summed E-state index contributed by atoms with van der Waals surface area (Å²) in [6.45, 7) is 7.82. The van der Waals surface area contributed by atoms with Gasteiger partial charge in [0.1, 0.15) is 5.82 Å². The molecule has 0 N–H and O–H groups in total. The van der Waals surface area contributed by atoms with E-state index in [1.807, 2.05) is 27.7 Å². The maximum Gasteiger partial charge on any atom is 0.313 e. The van der Waals surface area contributed by atoms with Crippen molar-refractivity contribution in [1.29, 1.82) is 0 Å². The van der Waals surface area contributed by atoms with E-state index in [0.717, 1.165) is 24.1 Å². The van der Waals surface area contributed by atoms with Crippen LogP contribution in [0.4, 0.5) is 10.1 Å². The fraction of sp³-hybridized carbons (Fsp3) is 0.600. The average molecular weight is 345 g/mol. The number of halogens is 1. The topological polar surface area (TPSA) is 46.6 Å². The highest BCUT2D eigenvalue weighted by Gasteiger charge is 2.76. The van der Waals surface area contributed by atoms with Crippen LogP contribution >= 0.6 is 0 Å². The van der Waals surface area contributed by atoms with Crippen LogP contribution in [0.25, 0.3) is 0 Å². The summed E-state index contributed by atoms with van der Waals surface area (Å²) in [4.78, 5) is 27.9. The van der Waals surface area contributed by atoms with Gasteiger partial charge in [0.05, 0.1) is 5.41 Å². The standard InChI is InChI=1S/C20H24FNO3/c1-12-5-6-13-11-14(21)7-8-15(13)22(12)16(23)20-10-9-19(4,17(24)25-20)18(20,2)3/h7-8,11-12H,5-6,9-10H2,1-4H3/t12-,19-,20+/m1/s1. The van der Waals surface area contributed by atoms with Gasteiger partial charge in [-0.1, -0.05) is 13.8 Å². The number of esters is 1. The Bertz CT molecular complexity index is 789. The smallest absolute Gasteiger partial charge is 0.313 e. The Kier molecular flexibility index (Phi) is 3.20. The first-order valence-corrected chi connectivity index (χ1v) is 9.00. The van der Waals surface area contributed by atoms with Crippen LogP contribution < -0.4 is 4.90 Å². The SMILES string of the molecule is C[C@@H]1CCc2cc(F)ccc2N1C(=O)[C@]12CC[C@](C)(C(=O)O1)C2(C)C. The van der Waals surface area contributed by atoms with Crippen LogP contribution in [0.5, 0.6) is 0 Å². The fourth-order valence-corrected chi connectivity index (χ4v) is 4.95. The summed E-state index contributed by atoms with van der Waals surface area (Å²) in [5.41, 5.74) is -0.757. The number of fused-ring (bicyclic) bond motifs is 3. The summed E-state index contributed by atoms with van der Waals surface area (Å²) in [7, 11) is 0. The second kappa shape index (κ2) is 4.83. The van der Waals surface area contributed by atoms with E-state index in [-0.39, 0.29) is 23.7 Å². The van der Waals surface area contributed by atoms with Gasteiger partial charge in [-0.15, -0.1) is 0 Å². The number of hydrogen-bond donors (Lipinski definition) is 0. The molecule has 2 bridgehead atoms. The number of hydrogen-bond acceptors (Lipinski definition) is 3. The molecule has 2 heterocycles.